The van der Waals surface area contributed by atoms with Crippen LogP contribution in [0.1, 0.15) is 74.4 Å². The van der Waals surface area contributed by atoms with Gasteiger partial charge in [-0.25, -0.2) is 9.18 Å². The molecule has 4 heterocycles. The Morgan fingerprint density at radius 1 is 1.22 bits per heavy atom. The number of carbonyl (C=O) groups excluding carboxylic acids is 1. The van der Waals surface area contributed by atoms with E-state index >= 15 is 4.39 Å². The van der Waals surface area contributed by atoms with Crippen LogP contribution in [0.25, 0.3) is 0 Å². The molecule has 0 radical (unpaired) electrons. The number of carbonyl (C=O) groups is 1. The Morgan fingerprint density at radius 3 is 2.67 bits per heavy atom. The fraction of sp³-hybridized carbons (Fsp3) is 0.571. The van der Waals surface area contributed by atoms with Gasteiger partial charge in [0.25, 0.3) is 5.56 Å². The summed E-state index contributed by atoms with van der Waals surface area (Å²) in [4.78, 5) is 33.1. The Kier molecular flexibility index (Phi) is 6.47. The number of ether oxygens (including phenoxy) is 2. The number of hydrogen-bond donors (Lipinski definition) is 1. The van der Waals surface area contributed by atoms with Crippen molar-refractivity contribution >= 4 is 17.5 Å². The summed E-state index contributed by atoms with van der Waals surface area (Å²) >= 11 is 0. The number of pyridine rings is 1. The summed E-state index contributed by atoms with van der Waals surface area (Å²) in [5, 5.41) is 0. The lowest BCUT2D eigenvalue weighted by Crippen LogP contribution is -2.44. The molecule has 3 aliphatic heterocycles. The minimum atomic E-state index is -0.982. The van der Waals surface area contributed by atoms with Gasteiger partial charge in [-0.1, -0.05) is 20.8 Å². The molecule has 1 unspecified atom stereocenters. The van der Waals surface area contributed by atoms with Gasteiger partial charge in [0.1, 0.15) is 23.0 Å². The Bertz CT molecular complexity index is 1220. The summed E-state index contributed by atoms with van der Waals surface area (Å²) in [6, 6.07) is 5.45. The number of esters is 1. The van der Waals surface area contributed by atoms with E-state index in [1.807, 2.05) is 6.92 Å². The molecule has 194 valence electrons. The fourth-order valence-corrected chi connectivity index (χ4v) is 6.06. The second kappa shape index (κ2) is 9.45. The molecule has 0 aliphatic carbocycles. The molecule has 1 aromatic heterocycles. The van der Waals surface area contributed by atoms with Gasteiger partial charge in [0, 0.05) is 68.0 Å². The van der Waals surface area contributed by atoms with Crippen LogP contribution in [0, 0.1) is 11.7 Å². The third-order valence-corrected chi connectivity index (χ3v) is 7.91. The van der Waals surface area contributed by atoms with Crippen molar-refractivity contribution < 1.29 is 18.7 Å². The fourth-order valence-electron chi connectivity index (χ4n) is 6.06. The number of hydrogen-bond acceptors (Lipinski definition) is 6. The number of piperidine rings is 1. The SMILES string of the molecule is CCCOc1cc(F)c2c(c1)C(=O)OC21CCN(c2cc3c(c(=O)[nH]2)CCC(CC(C)C)N3C)CC1. The number of H-pyrrole nitrogens is 1. The summed E-state index contributed by atoms with van der Waals surface area (Å²) < 4.78 is 26.6. The monoisotopic (exact) mass is 497 g/mol. The van der Waals surface area contributed by atoms with Crippen LogP contribution in [0.2, 0.25) is 0 Å². The maximum Gasteiger partial charge on any atom is 0.339 e. The lowest BCUT2D eigenvalue weighted by atomic mass is 9.83. The third kappa shape index (κ3) is 4.24. The van der Waals surface area contributed by atoms with Crippen molar-refractivity contribution in [2.75, 3.05) is 36.5 Å². The number of aromatic amines is 1. The molecule has 1 fully saturated rings. The molecule has 8 heteroatoms. The van der Waals surface area contributed by atoms with Crippen molar-refractivity contribution in [1.82, 2.24) is 4.98 Å². The Labute approximate surface area is 211 Å². The van der Waals surface area contributed by atoms with Crippen LogP contribution in [0.5, 0.6) is 5.75 Å². The van der Waals surface area contributed by atoms with E-state index in [9.17, 15) is 9.59 Å². The smallest absolute Gasteiger partial charge is 0.339 e. The van der Waals surface area contributed by atoms with Crippen LogP contribution >= 0.6 is 0 Å². The van der Waals surface area contributed by atoms with Crippen molar-refractivity contribution in [3.8, 4) is 5.75 Å². The number of fused-ring (bicyclic) bond motifs is 3. The molecule has 5 rings (SSSR count). The van der Waals surface area contributed by atoms with E-state index in [1.165, 1.54) is 6.07 Å². The van der Waals surface area contributed by atoms with E-state index in [0.717, 1.165) is 42.8 Å². The number of nitrogens with zero attached hydrogens (tertiary/aromatic N) is 2. The van der Waals surface area contributed by atoms with Gasteiger partial charge < -0.3 is 24.3 Å². The number of anilines is 2. The van der Waals surface area contributed by atoms with Gasteiger partial charge in [0.15, 0.2) is 0 Å². The summed E-state index contributed by atoms with van der Waals surface area (Å²) in [5.74, 6) is 0.743. The number of halogens is 1. The van der Waals surface area contributed by atoms with E-state index < -0.39 is 17.4 Å². The summed E-state index contributed by atoms with van der Waals surface area (Å²) in [6.07, 6.45) is 4.54. The first-order valence-electron chi connectivity index (χ1n) is 13.2. The zero-order chi connectivity index (χ0) is 25.6. The van der Waals surface area contributed by atoms with Gasteiger partial charge in [-0.15, -0.1) is 0 Å². The van der Waals surface area contributed by atoms with Crippen molar-refractivity contribution in [3.63, 3.8) is 0 Å². The van der Waals surface area contributed by atoms with Gasteiger partial charge in [0.05, 0.1) is 12.2 Å². The van der Waals surface area contributed by atoms with E-state index in [1.54, 1.807) is 6.07 Å². The Hall–Kier alpha value is -3.03. The quantitative estimate of drug-likeness (QED) is 0.580. The maximum atomic E-state index is 15.2. The molecule has 1 aromatic carbocycles. The lowest BCUT2D eigenvalue weighted by Gasteiger charge is -2.41. The van der Waals surface area contributed by atoms with Crippen molar-refractivity contribution in [2.24, 2.45) is 5.92 Å². The standard InChI is InChI=1S/C28H36FN3O4/c1-5-12-35-19-14-21-25(22(29)15-19)28(36-27(21)34)8-10-32(11-9-28)24-16-23-20(26(33)30-24)7-6-18(31(23)4)13-17(2)3/h14-18H,5-13H2,1-4H3,(H,30,33). The molecule has 0 saturated carbocycles. The van der Waals surface area contributed by atoms with Crippen molar-refractivity contribution in [3.05, 3.63) is 51.1 Å². The predicted molar refractivity (Wildman–Crippen MR) is 138 cm³/mol. The van der Waals surface area contributed by atoms with Crippen LogP contribution in [0.15, 0.2) is 23.0 Å². The van der Waals surface area contributed by atoms with Crippen molar-refractivity contribution in [1.29, 1.82) is 0 Å². The molecular formula is C28H36FN3O4. The first kappa shape index (κ1) is 24.7. The minimum Gasteiger partial charge on any atom is -0.493 e. The van der Waals surface area contributed by atoms with Gasteiger partial charge in [-0.3, -0.25) is 4.79 Å². The lowest BCUT2D eigenvalue weighted by molar-refractivity contribution is -0.0224. The molecule has 3 aliphatic rings. The first-order chi connectivity index (χ1) is 17.2. The first-order valence-corrected chi connectivity index (χ1v) is 13.2. The zero-order valence-corrected chi connectivity index (χ0v) is 21.7. The van der Waals surface area contributed by atoms with Crippen LogP contribution in [0.3, 0.4) is 0 Å². The molecule has 0 amide bonds. The highest BCUT2D eigenvalue weighted by molar-refractivity contribution is 5.95. The van der Waals surface area contributed by atoms with E-state index in [2.05, 4.69) is 41.7 Å². The number of rotatable bonds is 6. The molecule has 36 heavy (non-hydrogen) atoms. The normalized spacial score (nSPS) is 20.5. The van der Waals surface area contributed by atoms with Crippen LogP contribution < -0.4 is 20.1 Å². The summed E-state index contributed by atoms with van der Waals surface area (Å²) in [5.41, 5.74) is 1.41. The molecule has 2 aromatic rings. The van der Waals surface area contributed by atoms with Crippen LogP contribution in [-0.2, 0) is 16.8 Å². The average molecular weight is 498 g/mol. The van der Waals surface area contributed by atoms with Gasteiger partial charge in [-0.05, 0) is 37.7 Å². The predicted octanol–water partition coefficient (Wildman–Crippen LogP) is 4.77. The largest absolute Gasteiger partial charge is 0.493 e. The summed E-state index contributed by atoms with van der Waals surface area (Å²) in [6.45, 7) is 7.96. The number of aromatic nitrogens is 1. The average Bonchev–Trinajstić information content (AvgIpc) is 3.11. The Balaban J connectivity index is 1.37. The third-order valence-electron chi connectivity index (χ3n) is 7.91. The highest BCUT2D eigenvalue weighted by Crippen LogP contribution is 2.47. The van der Waals surface area contributed by atoms with E-state index in [-0.39, 0.29) is 11.1 Å². The highest BCUT2D eigenvalue weighted by Gasteiger charge is 2.50. The maximum absolute atomic E-state index is 15.2. The molecule has 0 bridgehead atoms. The minimum absolute atomic E-state index is 0.0408. The molecule has 7 nitrogen and oxygen atoms in total. The van der Waals surface area contributed by atoms with E-state index in [0.29, 0.717) is 55.8 Å². The molecular weight excluding hydrogens is 461 g/mol. The molecule has 1 N–H and O–H groups in total. The van der Waals surface area contributed by atoms with E-state index in [4.69, 9.17) is 9.47 Å². The number of nitrogens with one attached hydrogen (secondary N) is 1. The van der Waals surface area contributed by atoms with Gasteiger partial charge >= 0.3 is 5.97 Å². The molecule has 1 saturated heterocycles. The zero-order valence-electron chi connectivity index (χ0n) is 21.7. The van der Waals surface area contributed by atoms with Crippen LogP contribution in [-0.4, -0.2) is 43.7 Å². The Morgan fingerprint density at radius 2 is 1.97 bits per heavy atom. The van der Waals surface area contributed by atoms with Gasteiger partial charge in [0.2, 0.25) is 0 Å². The topological polar surface area (TPSA) is 74.9 Å². The molecule has 1 spiro atoms. The number of benzene rings is 1. The van der Waals surface area contributed by atoms with Crippen LogP contribution in [0.4, 0.5) is 15.9 Å². The highest BCUT2D eigenvalue weighted by atomic mass is 19.1. The van der Waals surface area contributed by atoms with Gasteiger partial charge in [-0.2, -0.15) is 0 Å². The summed E-state index contributed by atoms with van der Waals surface area (Å²) in [7, 11) is 2.08. The second-order valence-corrected chi connectivity index (χ2v) is 10.8. The molecule has 1 atom stereocenters. The second-order valence-electron chi connectivity index (χ2n) is 10.8. The van der Waals surface area contributed by atoms with Crippen molar-refractivity contribution in [2.45, 2.75) is 70.9 Å².